The lowest BCUT2D eigenvalue weighted by molar-refractivity contribution is -0.139. The molecule has 0 aromatic heterocycles. The van der Waals surface area contributed by atoms with Crippen LogP contribution in [0.3, 0.4) is 0 Å². The molecule has 0 fully saturated rings. The summed E-state index contributed by atoms with van der Waals surface area (Å²) < 4.78 is 0. The first-order valence-corrected chi connectivity index (χ1v) is 12.9. The molecule has 7 heteroatoms. The lowest BCUT2D eigenvalue weighted by Gasteiger charge is -2.32. The number of hydrogen-bond donors (Lipinski definition) is 1. The van der Waals surface area contributed by atoms with Crippen molar-refractivity contribution in [2.45, 2.75) is 37.2 Å². The zero-order chi connectivity index (χ0) is 24.3. The van der Waals surface area contributed by atoms with Gasteiger partial charge >= 0.3 is 0 Å². The number of thioether (sulfide) groups is 1. The molecular weight excluding hydrogens is 487 g/mol. The highest BCUT2D eigenvalue weighted by Gasteiger charge is 2.30. The molecule has 0 unspecified atom stereocenters. The molecule has 0 heterocycles. The minimum Gasteiger partial charge on any atom is -0.354 e. The molecule has 0 spiro atoms. The number of nitrogens with one attached hydrogen (secondary N) is 1. The molecule has 3 aromatic rings. The molecule has 4 nitrogen and oxygen atoms in total. The Labute approximate surface area is 215 Å². The van der Waals surface area contributed by atoms with Gasteiger partial charge in [-0.3, -0.25) is 9.59 Å². The van der Waals surface area contributed by atoms with Crippen molar-refractivity contribution in [1.29, 1.82) is 0 Å². The molecule has 0 saturated heterocycles. The van der Waals surface area contributed by atoms with Gasteiger partial charge in [-0.1, -0.05) is 84.7 Å². The summed E-state index contributed by atoms with van der Waals surface area (Å²) in [4.78, 5) is 29.5. The van der Waals surface area contributed by atoms with Crippen molar-refractivity contribution in [3.05, 3.63) is 100 Å². The summed E-state index contributed by atoms with van der Waals surface area (Å²) in [5, 5.41) is 3.96. The molecule has 1 N–H and O–H groups in total. The van der Waals surface area contributed by atoms with Gasteiger partial charge in [0.05, 0.1) is 5.75 Å². The highest BCUT2D eigenvalue weighted by molar-refractivity contribution is 8.00. The zero-order valence-corrected chi connectivity index (χ0v) is 21.4. The van der Waals surface area contributed by atoms with Crippen LogP contribution in [-0.2, 0) is 22.6 Å². The Morgan fingerprint density at radius 1 is 0.971 bits per heavy atom. The lowest BCUT2D eigenvalue weighted by atomic mass is 10.0. The van der Waals surface area contributed by atoms with Gasteiger partial charge in [0.1, 0.15) is 6.04 Å². The Morgan fingerprint density at radius 2 is 1.65 bits per heavy atom. The van der Waals surface area contributed by atoms with Gasteiger partial charge in [-0.2, -0.15) is 0 Å². The summed E-state index contributed by atoms with van der Waals surface area (Å²) in [7, 11) is 0. The summed E-state index contributed by atoms with van der Waals surface area (Å²) in [5.74, 6) is -0.0945. The highest BCUT2D eigenvalue weighted by atomic mass is 35.5. The van der Waals surface area contributed by atoms with E-state index >= 15 is 0 Å². The van der Waals surface area contributed by atoms with Crippen molar-refractivity contribution in [3.63, 3.8) is 0 Å². The molecule has 0 aliphatic rings. The van der Waals surface area contributed by atoms with E-state index in [4.69, 9.17) is 23.2 Å². The SMILES string of the molecule is CCCNC(=O)[C@H](Cc1ccccc1)N(Cc1ccc(Cl)cc1Cl)C(=O)CSc1ccccc1. The van der Waals surface area contributed by atoms with Crippen LogP contribution in [0.1, 0.15) is 24.5 Å². The lowest BCUT2D eigenvalue weighted by Crippen LogP contribution is -2.51. The van der Waals surface area contributed by atoms with E-state index in [2.05, 4.69) is 5.32 Å². The number of amides is 2. The van der Waals surface area contributed by atoms with Gasteiger partial charge < -0.3 is 10.2 Å². The maximum absolute atomic E-state index is 13.6. The standard InChI is InChI=1S/C27H28Cl2N2O2S/c1-2-15-30-27(33)25(16-20-9-5-3-6-10-20)31(18-21-13-14-22(28)17-24(21)29)26(32)19-34-23-11-7-4-8-12-23/h3-14,17,25H,2,15-16,18-19H2,1H3,(H,30,33)/t25-/m0/s1. The van der Waals surface area contributed by atoms with E-state index in [1.54, 1.807) is 23.1 Å². The second-order valence-corrected chi connectivity index (χ2v) is 9.75. The van der Waals surface area contributed by atoms with Gasteiger partial charge in [0, 0.05) is 34.5 Å². The predicted octanol–water partition coefficient (Wildman–Crippen LogP) is 6.25. The van der Waals surface area contributed by atoms with Crippen LogP contribution in [0, 0.1) is 0 Å². The molecule has 178 valence electrons. The van der Waals surface area contributed by atoms with Crippen LogP contribution in [0.5, 0.6) is 0 Å². The minimum absolute atomic E-state index is 0.132. The molecular formula is C27H28Cl2N2O2S. The summed E-state index contributed by atoms with van der Waals surface area (Å²) in [6.07, 6.45) is 1.22. The van der Waals surface area contributed by atoms with Crippen LogP contribution in [0.2, 0.25) is 10.0 Å². The van der Waals surface area contributed by atoms with Gasteiger partial charge in [-0.25, -0.2) is 0 Å². The normalized spacial score (nSPS) is 11.6. The number of hydrogen-bond acceptors (Lipinski definition) is 3. The third-order valence-electron chi connectivity index (χ3n) is 5.28. The maximum atomic E-state index is 13.6. The first kappa shape index (κ1) is 26.1. The van der Waals surface area contributed by atoms with Crippen molar-refractivity contribution in [2.24, 2.45) is 0 Å². The fraction of sp³-hybridized carbons (Fsp3) is 0.259. The summed E-state index contributed by atoms with van der Waals surface area (Å²) in [6.45, 7) is 2.76. The molecule has 0 saturated carbocycles. The highest BCUT2D eigenvalue weighted by Crippen LogP contribution is 2.25. The first-order valence-electron chi connectivity index (χ1n) is 11.2. The van der Waals surface area contributed by atoms with Crippen LogP contribution < -0.4 is 5.32 Å². The molecule has 2 amide bonds. The molecule has 0 aliphatic carbocycles. The molecule has 0 bridgehead atoms. The minimum atomic E-state index is -0.676. The number of nitrogens with zero attached hydrogens (tertiary/aromatic N) is 1. The van der Waals surface area contributed by atoms with E-state index in [1.165, 1.54) is 11.8 Å². The van der Waals surface area contributed by atoms with Gasteiger partial charge in [0.2, 0.25) is 11.8 Å². The molecule has 0 aliphatic heterocycles. The fourth-order valence-corrected chi connectivity index (χ4v) is 4.77. The first-order chi connectivity index (χ1) is 16.5. The zero-order valence-electron chi connectivity index (χ0n) is 19.0. The Kier molecular flexibility index (Phi) is 10.3. The van der Waals surface area contributed by atoms with Crippen LogP contribution in [0.25, 0.3) is 0 Å². The average molecular weight is 516 g/mol. The van der Waals surface area contributed by atoms with E-state index < -0.39 is 6.04 Å². The van der Waals surface area contributed by atoms with Gasteiger partial charge in [0.25, 0.3) is 0 Å². The number of rotatable bonds is 11. The van der Waals surface area contributed by atoms with Crippen molar-refractivity contribution < 1.29 is 9.59 Å². The average Bonchev–Trinajstić information content (AvgIpc) is 2.85. The smallest absolute Gasteiger partial charge is 0.243 e. The third-order valence-corrected chi connectivity index (χ3v) is 6.87. The number of carbonyl (C=O) groups excluding carboxylic acids is 2. The van der Waals surface area contributed by atoms with Crippen LogP contribution >= 0.6 is 35.0 Å². The topological polar surface area (TPSA) is 49.4 Å². The maximum Gasteiger partial charge on any atom is 0.243 e. The van der Waals surface area contributed by atoms with E-state index in [9.17, 15) is 9.59 Å². The quantitative estimate of drug-likeness (QED) is 0.307. The summed E-state index contributed by atoms with van der Waals surface area (Å²) in [5.41, 5.74) is 1.72. The fourth-order valence-electron chi connectivity index (χ4n) is 3.50. The van der Waals surface area contributed by atoms with E-state index in [1.807, 2.05) is 67.6 Å². The Bertz CT molecular complexity index is 1080. The van der Waals surface area contributed by atoms with Crippen molar-refractivity contribution >= 4 is 46.8 Å². The van der Waals surface area contributed by atoms with Crippen LogP contribution in [0.15, 0.2) is 83.8 Å². The Hall–Kier alpha value is -2.47. The number of benzene rings is 3. The van der Waals surface area contributed by atoms with Gasteiger partial charge in [-0.05, 0) is 41.8 Å². The Balaban J connectivity index is 1.91. The van der Waals surface area contributed by atoms with Gasteiger partial charge in [-0.15, -0.1) is 11.8 Å². The summed E-state index contributed by atoms with van der Waals surface area (Å²) >= 11 is 14.0. The van der Waals surface area contributed by atoms with Crippen LogP contribution in [0.4, 0.5) is 0 Å². The van der Waals surface area contributed by atoms with E-state index in [0.717, 1.165) is 22.4 Å². The van der Waals surface area contributed by atoms with Crippen molar-refractivity contribution in [1.82, 2.24) is 10.2 Å². The van der Waals surface area contributed by atoms with Crippen LogP contribution in [-0.4, -0.2) is 35.1 Å². The predicted molar refractivity (Wildman–Crippen MR) is 141 cm³/mol. The second kappa shape index (κ2) is 13.4. The largest absolute Gasteiger partial charge is 0.354 e. The third kappa shape index (κ3) is 7.79. The van der Waals surface area contributed by atoms with Crippen molar-refractivity contribution in [2.75, 3.05) is 12.3 Å². The molecule has 0 radical (unpaired) electrons. The molecule has 1 atom stereocenters. The number of carbonyl (C=O) groups is 2. The monoisotopic (exact) mass is 514 g/mol. The van der Waals surface area contributed by atoms with Gasteiger partial charge in [0.15, 0.2) is 0 Å². The second-order valence-electron chi connectivity index (χ2n) is 7.86. The molecule has 3 rings (SSSR count). The Morgan fingerprint density at radius 3 is 2.29 bits per heavy atom. The summed E-state index contributed by atoms with van der Waals surface area (Å²) in [6, 6.07) is 24.0. The van der Waals surface area contributed by atoms with E-state index in [-0.39, 0.29) is 24.1 Å². The van der Waals surface area contributed by atoms with Crippen molar-refractivity contribution in [3.8, 4) is 0 Å². The molecule has 3 aromatic carbocycles. The molecule has 34 heavy (non-hydrogen) atoms. The number of halogens is 2. The van der Waals surface area contributed by atoms with E-state index in [0.29, 0.717) is 23.0 Å².